The molecule has 2 aromatic heterocycles. The largest absolute Gasteiger partial charge is 0.453 e. The number of hydrogen-bond donors (Lipinski definition) is 1. The van der Waals surface area contributed by atoms with E-state index in [1.807, 2.05) is 30.6 Å². The number of ether oxygens (including phenoxy) is 1. The molecule has 0 saturated carbocycles. The van der Waals surface area contributed by atoms with E-state index in [0.717, 1.165) is 24.4 Å². The van der Waals surface area contributed by atoms with Crippen molar-refractivity contribution in [1.29, 1.82) is 0 Å². The van der Waals surface area contributed by atoms with Gasteiger partial charge in [-0.05, 0) is 25.0 Å². The Hall–Kier alpha value is -2.90. The third kappa shape index (κ3) is 4.38. The molecule has 2 amide bonds. The minimum atomic E-state index is -0.593. The van der Waals surface area contributed by atoms with Crippen molar-refractivity contribution < 1.29 is 14.3 Å². The van der Waals surface area contributed by atoms with Gasteiger partial charge in [-0.15, -0.1) is 0 Å². The zero-order valence-corrected chi connectivity index (χ0v) is 14.8. The minimum absolute atomic E-state index is 0.0361. The molecule has 26 heavy (non-hydrogen) atoms. The van der Waals surface area contributed by atoms with Crippen LogP contribution >= 0.6 is 0 Å². The summed E-state index contributed by atoms with van der Waals surface area (Å²) in [7, 11) is 1.28. The molecule has 0 aliphatic carbocycles. The molecule has 0 radical (unpaired) electrons. The standard InChI is InChI=1S/C18H23N5O3/c1-26-18(25)21-12-16(24)22-9-5-14(6-10-22)17-20-8-11-23(17)13-15-4-2-3-7-19-15/h2-4,7-8,11,14H,5-6,9-10,12-13H2,1H3,(H,21,25). The van der Waals surface area contributed by atoms with Crippen molar-refractivity contribution in [2.75, 3.05) is 26.7 Å². The number of alkyl carbamates (subject to hydrolysis) is 1. The average molecular weight is 357 g/mol. The Balaban J connectivity index is 1.55. The van der Waals surface area contributed by atoms with Crippen molar-refractivity contribution in [3.05, 3.63) is 48.3 Å². The maximum absolute atomic E-state index is 12.1. The number of aromatic nitrogens is 3. The number of imidazole rings is 1. The van der Waals surface area contributed by atoms with Gasteiger partial charge in [0.15, 0.2) is 0 Å². The summed E-state index contributed by atoms with van der Waals surface area (Å²) in [4.78, 5) is 33.9. The Labute approximate surface area is 152 Å². The van der Waals surface area contributed by atoms with Crippen LogP contribution in [0.1, 0.15) is 30.3 Å². The monoisotopic (exact) mass is 357 g/mol. The third-order valence-electron chi connectivity index (χ3n) is 4.59. The van der Waals surface area contributed by atoms with E-state index in [1.165, 1.54) is 7.11 Å². The van der Waals surface area contributed by atoms with Crippen LogP contribution in [0.25, 0.3) is 0 Å². The zero-order chi connectivity index (χ0) is 18.4. The molecule has 3 rings (SSSR count). The quantitative estimate of drug-likeness (QED) is 0.873. The summed E-state index contributed by atoms with van der Waals surface area (Å²) >= 11 is 0. The normalized spacial score (nSPS) is 14.9. The molecular weight excluding hydrogens is 334 g/mol. The number of nitrogens with one attached hydrogen (secondary N) is 1. The molecule has 3 heterocycles. The first-order chi connectivity index (χ1) is 12.7. The Bertz CT molecular complexity index is 738. The van der Waals surface area contributed by atoms with E-state index in [4.69, 9.17) is 0 Å². The fourth-order valence-corrected chi connectivity index (χ4v) is 3.20. The number of carbonyl (C=O) groups is 2. The molecule has 0 spiro atoms. The second-order valence-corrected chi connectivity index (χ2v) is 6.23. The van der Waals surface area contributed by atoms with Gasteiger partial charge in [-0.25, -0.2) is 9.78 Å². The number of piperidine rings is 1. The molecule has 8 nitrogen and oxygen atoms in total. The topological polar surface area (TPSA) is 89.4 Å². The van der Waals surface area contributed by atoms with Gasteiger partial charge in [0, 0.05) is 37.6 Å². The first kappa shape index (κ1) is 17.9. The molecule has 1 aliphatic heterocycles. The molecule has 1 saturated heterocycles. The molecule has 8 heteroatoms. The van der Waals surface area contributed by atoms with E-state index in [9.17, 15) is 9.59 Å². The Morgan fingerprint density at radius 2 is 2.04 bits per heavy atom. The molecule has 138 valence electrons. The first-order valence-electron chi connectivity index (χ1n) is 8.68. The SMILES string of the molecule is COC(=O)NCC(=O)N1CCC(c2nccn2Cc2ccccn2)CC1. The maximum Gasteiger partial charge on any atom is 0.407 e. The summed E-state index contributed by atoms with van der Waals surface area (Å²) < 4.78 is 6.61. The van der Waals surface area contributed by atoms with Crippen molar-refractivity contribution in [1.82, 2.24) is 24.8 Å². The predicted molar refractivity (Wildman–Crippen MR) is 94.5 cm³/mol. The first-order valence-corrected chi connectivity index (χ1v) is 8.68. The molecule has 0 aromatic carbocycles. The maximum atomic E-state index is 12.1. The van der Waals surface area contributed by atoms with Crippen LogP contribution < -0.4 is 5.32 Å². The fourth-order valence-electron chi connectivity index (χ4n) is 3.20. The van der Waals surface area contributed by atoms with Crippen LogP contribution in [0.4, 0.5) is 4.79 Å². The summed E-state index contributed by atoms with van der Waals surface area (Å²) in [5, 5.41) is 2.43. The van der Waals surface area contributed by atoms with E-state index >= 15 is 0 Å². The van der Waals surface area contributed by atoms with E-state index in [-0.39, 0.29) is 12.5 Å². The lowest BCUT2D eigenvalue weighted by Crippen LogP contribution is -2.44. The van der Waals surface area contributed by atoms with Gasteiger partial charge in [-0.1, -0.05) is 6.07 Å². The van der Waals surface area contributed by atoms with Crippen LogP contribution in [0, 0.1) is 0 Å². The lowest BCUT2D eigenvalue weighted by atomic mass is 9.95. The van der Waals surface area contributed by atoms with Crippen molar-refractivity contribution in [2.45, 2.75) is 25.3 Å². The van der Waals surface area contributed by atoms with Gasteiger partial charge in [0.1, 0.15) is 12.4 Å². The Morgan fingerprint density at radius 1 is 1.23 bits per heavy atom. The van der Waals surface area contributed by atoms with Crippen LogP contribution in [0.2, 0.25) is 0 Å². The Kier molecular flexibility index (Phi) is 5.83. The predicted octanol–water partition coefficient (Wildman–Crippen LogP) is 1.39. The van der Waals surface area contributed by atoms with Crippen LogP contribution in [-0.2, 0) is 16.1 Å². The van der Waals surface area contributed by atoms with Crippen molar-refractivity contribution in [2.24, 2.45) is 0 Å². The molecule has 1 aliphatic rings. The fraction of sp³-hybridized carbons (Fsp3) is 0.444. The van der Waals surface area contributed by atoms with Crippen molar-refractivity contribution >= 4 is 12.0 Å². The molecule has 0 atom stereocenters. The van der Waals surface area contributed by atoms with E-state index in [2.05, 4.69) is 24.6 Å². The van der Waals surface area contributed by atoms with Gasteiger partial charge in [-0.2, -0.15) is 0 Å². The molecule has 2 aromatic rings. The highest BCUT2D eigenvalue weighted by Gasteiger charge is 2.26. The van der Waals surface area contributed by atoms with Gasteiger partial charge in [0.05, 0.1) is 19.3 Å². The highest BCUT2D eigenvalue weighted by atomic mass is 16.5. The summed E-state index contributed by atoms with van der Waals surface area (Å²) in [5.74, 6) is 1.26. The number of hydrogen-bond acceptors (Lipinski definition) is 5. The van der Waals surface area contributed by atoms with Gasteiger partial charge in [-0.3, -0.25) is 9.78 Å². The highest BCUT2D eigenvalue weighted by Crippen LogP contribution is 2.27. The highest BCUT2D eigenvalue weighted by molar-refractivity contribution is 5.82. The van der Waals surface area contributed by atoms with Gasteiger partial charge >= 0.3 is 6.09 Å². The number of carbonyl (C=O) groups excluding carboxylic acids is 2. The van der Waals surface area contributed by atoms with E-state index in [0.29, 0.717) is 25.6 Å². The van der Waals surface area contributed by atoms with Gasteiger partial charge < -0.3 is 19.5 Å². The second kappa shape index (κ2) is 8.46. The molecule has 1 N–H and O–H groups in total. The number of methoxy groups -OCH3 is 1. The zero-order valence-electron chi connectivity index (χ0n) is 14.8. The van der Waals surface area contributed by atoms with Crippen LogP contribution in [-0.4, -0.2) is 58.2 Å². The number of likely N-dealkylation sites (tertiary alicyclic amines) is 1. The lowest BCUT2D eigenvalue weighted by molar-refractivity contribution is -0.131. The molecular formula is C18H23N5O3. The molecule has 1 fully saturated rings. The number of amides is 2. The number of nitrogens with zero attached hydrogens (tertiary/aromatic N) is 4. The number of rotatable bonds is 5. The van der Waals surface area contributed by atoms with Crippen LogP contribution in [0.3, 0.4) is 0 Å². The average Bonchev–Trinajstić information content (AvgIpc) is 3.14. The molecule has 0 bridgehead atoms. The van der Waals surface area contributed by atoms with E-state index < -0.39 is 6.09 Å². The van der Waals surface area contributed by atoms with Gasteiger partial charge in [0.2, 0.25) is 5.91 Å². The van der Waals surface area contributed by atoms with E-state index in [1.54, 1.807) is 11.1 Å². The third-order valence-corrected chi connectivity index (χ3v) is 4.59. The van der Waals surface area contributed by atoms with Gasteiger partial charge in [0.25, 0.3) is 0 Å². The smallest absolute Gasteiger partial charge is 0.407 e. The molecule has 0 unspecified atom stereocenters. The minimum Gasteiger partial charge on any atom is -0.453 e. The summed E-state index contributed by atoms with van der Waals surface area (Å²) in [6.07, 6.45) is 6.69. The summed E-state index contributed by atoms with van der Waals surface area (Å²) in [6, 6.07) is 5.88. The van der Waals surface area contributed by atoms with Crippen molar-refractivity contribution in [3.8, 4) is 0 Å². The summed E-state index contributed by atoms with van der Waals surface area (Å²) in [5.41, 5.74) is 0.994. The number of pyridine rings is 1. The summed E-state index contributed by atoms with van der Waals surface area (Å²) in [6.45, 7) is 1.97. The second-order valence-electron chi connectivity index (χ2n) is 6.23. The van der Waals surface area contributed by atoms with Crippen molar-refractivity contribution in [3.63, 3.8) is 0 Å². The van der Waals surface area contributed by atoms with Crippen LogP contribution in [0.15, 0.2) is 36.8 Å². The Morgan fingerprint density at radius 3 is 2.73 bits per heavy atom. The lowest BCUT2D eigenvalue weighted by Gasteiger charge is -2.32. The van der Waals surface area contributed by atoms with Crippen LogP contribution in [0.5, 0.6) is 0 Å².